The lowest BCUT2D eigenvalue weighted by atomic mass is 9.99. The summed E-state index contributed by atoms with van der Waals surface area (Å²) >= 11 is 0. The molecular weight excluding hydrogens is 481 g/mol. The van der Waals surface area contributed by atoms with Crippen LogP contribution < -0.4 is 5.32 Å². The standard InChI is InChI=1S/C24H30N7O4P/c1-18(36(33,34)35)30(2)22(17-19-9-11-21(12-10-19)20-7-4-3-5-8-20)24(32)26-15-13-23-27-28-29-31(23)16-6-14-25/h3-5,7-12,18,22H,6,13,15-17H2,1-2H3,(H,26,32)(H2,33,34,35)/t18?,22-/m0/s1. The number of aromatic nitrogens is 4. The number of hydrogen-bond donors (Lipinski definition) is 3. The molecule has 3 N–H and O–H groups in total. The Labute approximate surface area is 209 Å². The highest BCUT2D eigenvalue weighted by molar-refractivity contribution is 7.52. The highest BCUT2D eigenvalue weighted by Crippen LogP contribution is 2.43. The van der Waals surface area contributed by atoms with Gasteiger partial charge < -0.3 is 15.1 Å². The van der Waals surface area contributed by atoms with Gasteiger partial charge in [0.1, 0.15) is 5.78 Å². The van der Waals surface area contributed by atoms with Crippen molar-refractivity contribution in [2.75, 3.05) is 13.6 Å². The van der Waals surface area contributed by atoms with Gasteiger partial charge in [-0.05, 0) is 47.5 Å². The average molecular weight is 512 g/mol. The summed E-state index contributed by atoms with van der Waals surface area (Å²) in [5, 5.41) is 23.0. The Morgan fingerprint density at radius 1 is 1.17 bits per heavy atom. The van der Waals surface area contributed by atoms with Crippen molar-refractivity contribution in [3.63, 3.8) is 0 Å². The van der Waals surface area contributed by atoms with Crippen molar-refractivity contribution in [3.8, 4) is 17.2 Å². The smallest absolute Gasteiger partial charge is 0.342 e. The predicted octanol–water partition coefficient (Wildman–Crippen LogP) is 1.98. The van der Waals surface area contributed by atoms with Gasteiger partial charge in [-0.2, -0.15) is 5.26 Å². The molecule has 190 valence electrons. The molecule has 1 heterocycles. The van der Waals surface area contributed by atoms with E-state index in [0.717, 1.165) is 16.7 Å². The van der Waals surface area contributed by atoms with E-state index in [4.69, 9.17) is 5.26 Å². The van der Waals surface area contributed by atoms with Crippen LogP contribution in [0.4, 0.5) is 0 Å². The highest BCUT2D eigenvalue weighted by atomic mass is 31.2. The van der Waals surface area contributed by atoms with Crippen LogP contribution in [0, 0.1) is 11.3 Å². The Bertz CT molecular complexity index is 1220. The van der Waals surface area contributed by atoms with Crippen LogP contribution in [-0.4, -0.2) is 66.2 Å². The maximum Gasteiger partial charge on any atom is 0.342 e. The third kappa shape index (κ3) is 7.29. The van der Waals surface area contributed by atoms with Crippen molar-refractivity contribution in [3.05, 3.63) is 66.0 Å². The van der Waals surface area contributed by atoms with Crippen molar-refractivity contribution in [1.82, 2.24) is 30.4 Å². The second-order valence-corrected chi connectivity index (χ2v) is 10.4. The number of nitrogens with zero attached hydrogens (tertiary/aromatic N) is 6. The van der Waals surface area contributed by atoms with Gasteiger partial charge in [0.2, 0.25) is 5.91 Å². The summed E-state index contributed by atoms with van der Waals surface area (Å²) < 4.78 is 13.4. The number of benzene rings is 2. The summed E-state index contributed by atoms with van der Waals surface area (Å²) in [4.78, 5) is 34.0. The lowest BCUT2D eigenvalue weighted by molar-refractivity contribution is -0.126. The molecule has 0 bridgehead atoms. The van der Waals surface area contributed by atoms with Gasteiger partial charge in [-0.1, -0.05) is 54.6 Å². The SMILES string of the molecule is CC(N(C)[C@@H](Cc1ccc(-c2ccccc2)cc1)C(=O)NCCc1nnnn1CCC#N)P(=O)(O)O. The van der Waals surface area contributed by atoms with Gasteiger partial charge >= 0.3 is 7.60 Å². The molecule has 3 aromatic rings. The van der Waals surface area contributed by atoms with Crippen molar-refractivity contribution in [2.45, 2.75) is 44.6 Å². The van der Waals surface area contributed by atoms with Gasteiger partial charge in [-0.3, -0.25) is 14.3 Å². The largest absolute Gasteiger partial charge is 0.354 e. The number of carbonyl (C=O) groups excluding carboxylic acids is 1. The lowest BCUT2D eigenvalue weighted by Crippen LogP contribution is -2.50. The van der Waals surface area contributed by atoms with Crippen molar-refractivity contribution in [2.24, 2.45) is 0 Å². The van der Waals surface area contributed by atoms with Crippen LogP contribution in [0.15, 0.2) is 54.6 Å². The maximum absolute atomic E-state index is 13.2. The molecule has 0 aliphatic rings. The number of hydrogen-bond acceptors (Lipinski definition) is 7. The van der Waals surface area contributed by atoms with E-state index in [1.54, 1.807) is 0 Å². The minimum Gasteiger partial charge on any atom is -0.354 e. The molecule has 1 unspecified atom stereocenters. The van der Waals surface area contributed by atoms with E-state index in [9.17, 15) is 19.1 Å². The number of aryl methyl sites for hydroxylation is 1. The van der Waals surface area contributed by atoms with E-state index in [-0.39, 0.29) is 25.3 Å². The number of tetrazole rings is 1. The second kappa shape index (κ2) is 12.5. The molecule has 0 aliphatic heterocycles. The van der Waals surface area contributed by atoms with Crippen LogP contribution in [0.3, 0.4) is 0 Å². The van der Waals surface area contributed by atoms with Crippen molar-refractivity contribution < 1.29 is 19.1 Å². The normalized spacial score (nSPS) is 13.2. The third-order valence-corrected chi connectivity index (χ3v) is 7.39. The maximum atomic E-state index is 13.2. The number of nitrogens with one attached hydrogen (secondary N) is 1. The molecule has 0 saturated heterocycles. The number of likely N-dealkylation sites (N-methyl/N-ethyl adjacent to an activating group) is 1. The molecule has 0 spiro atoms. The predicted molar refractivity (Wildman–Crippen MR) is 133 cm³/mol. The molecule has 2 atom stereocenters. The molecule has 11 nitrogen and oxygen atoms in total. The fraction of sp³-hybridized carbons (Fsp3) is 0.375. The first-order valence-electron chi connectivity index (χ1n) is 11.5. The zero-order valence-corrected chi connectivity index (χ0v) is 21.1. The molecule has 0 saturated carbocycles. The summed E-state index contributed by atoms with van der Waals surface area (Å²) in [6, 6.07) is 18.9. The fourth-order valence-electron chi connectivity index (χ4n) is 3.75. The number of nitriles is 1. The Morgan fingerprint density at radius 3 is 2.47 bits per heavy atom. The molecule has 0 aliphatic carbocycles. The molecule has 3 rings (SSSR count). The van der Waals surface area contributed by atoms with Gasteiger partial charge in [-0.25, -0.2) is 4.68 Å². The summed E-state index contributed by atoms with van der Waals surface area (Å²) in [6.07, 6.45) is 0.878. The summed E-state index contributed by atoms with van der Waals surface area (Å²) in [5.41, 5.74) is 2.97. The summed E-state index contributed by atoms with van der Waals surface area (Å²) in [6.45, 7) is 1.99. The molecule has 2 aromatic carbocycles. The van der Waals surface area contributed by atoms with E-state index in [1.807, 2.05) is 60.7 Å². The zero-order valence-electron chi connectivity index (χ0n) is 20.2. The Balaban J connectivity index is 1.71. The van der Waals surface area contributed by atoms with Crippen LogP contribution in [0.25, 0.3) is 11.1 Å². The van der Waals surface area contributed by atoms with Gasteiger partial charge in [0.05, 0.1) is 25.1 Å². The van der Waals surface area contributed by atoms with Gasteiger partial charge in [-0.15, -0.1) is 5.10 Å². The molecule has 0 radical (unpaired) electrons. The topological polar surface area (TPSA) is 157 Å². The molecule has 1 aromatic heterocycles. The Kier molecular flexibility index (Phi) is 9.44. The van der Waals surface area contributed by atoms with Crippen molar-refractivity contribution in [1.29, 1.82) is 5.26 Å². The number of amides is 1. The van der Waals surface area contributed by atoms with Gasteiger partial charge in [0.15, 0.2) is 5.82 Å². The first-order chi connectivity index (χ1) is 17.2. The lowest BCUT2D eigenvalue weighted by Gasteiger charge is -2.32. The quantitative estimate of drug-likeness (QED) is 0.309. The summed E-state index contributed by atoms with van der Waals surface area (Å²) in [5.74, 6) is -0.966. The Hall–Kier alpha value is -3.42. The van der Waals surface area contributed by atoms with Crippen LogP contribution in [-0.2, 0) is 28.7 Å². The van der Waals surface area contributed by atoms with Gasteiger partial charge in [0, 0.05) is 13.0 Å². The van der Waals surface area contributed by atoms with E-state index in [1.165, 1.54) is 23.6 Å². The number of carbonyl (C=O) groups is 1. The highest BCUT2D eigenvalue weighted by Gasteiger charge is 2.35. The molecule has 12 heteroatoms. The minimum absolute atomic E-state index is 0.230. The van der Waals surface area contributed by atoms with E-state index >= 15 is 0 Å². The fourth-order valence-corrected chi connectivity index (χ4v) is 4.39. The van der Waals surface area contributed by atoms with E-state index < -0.39 is 19.4 Å². The van der Waals surface area contributed by atoms with Gasteiger partial charge in [0.25, 0.3) is 0 Å². The summed E-state index contributed by atoms with van der Waals surface area (Å²) in [7, 11) is -2.92. The Morgan fingerprint density at radius 2 is 1.83 bits per heavy atom. The van der Waals surface area contributed by atoms with Crippen LogP contribution in [0.1, 0.15) is 24.7 Å². The molecular formula is C24H30N7O4P. The van der Waals surface area contributed by atoms with Crippen LogP contribution in [0.2, 0.25) is 0 Å². The van der Waals surface area contributed by atoms with E-state index in [2.05, 4.69) is 20.8 Å². The first-order valence-corrected chi connectivity index (χ1v) is 13.2. The monoisotopic (exact) mass is 511 g/mol. The third-order valence-electron chi connectivity index (χ3n) is 6.05. The molecule has 0 fully saturated rings. The minimum atomic E-state index is -4.45. The van der Waals surface area contributed by atoms with Crippen LogP contribution in [0.5, 0.6) is 0 Å². The first kappa shape index (κ1) is 27.2. The molecule has 36 heavy (non-hydrogen) atoms. The van der Waals surface area contributed by atoms with E-state index in [0.29, 0.717) is 18.8 Å². The van der Waals surface area contributed by atoms with Crippen LogP contribution >= 0.6 is 7.60 Å². The second-order valence-electron chi connectivity index (χ2n) is 8.44. The average Bonchev–Trinajstić information content (AvgIpc) is 3.32. The van der Waals surface area contributed by atoms with Crippen molar-refractivity contribution >= 4 is 13.5 Å². The zero-order chi connectivity index (χ0) is 26.1. The molecule has 1 amide bonds. The number of rotatable bonds is 12.